The summed E-state index contributed by atoms with van der Waals surface area (Å²) in [6.45, 7) is 5.13. The number of aryl methyl sites for hydroxylation is 1. The summed E-state index contributed by atoms with van der Waals surface area (Å²) in [6.07, 6.45) is 3.54. The zero-order valence-electron chi connectivity index (χ0n) is 31.1. The zero-order chi connectivity index (χ0) is 37.5. The molecule has 0 aliphatic heterocycles. The van der Waals surface area contributed by atoms with Gasteiger partial charge >= 0.3 is 340 Å². The summed E-state index contributed by atoms with van der Waals surface area (Å²) < 4.78 is 7.16. The van der Waals surface area contributed by atoms with Gasteiger partial charge in [0.2, 0.25) is 0 Å². The van der Waals surface area contributed by atoms with Gasteiger partial charge in [0.1, 0.15) is 0 Å². The van der Waals surface area contributed by atoms with Crippen LogP contribution >= 0.6 is 41.6 Å². The monoisotopic (exact) mass is 872 g/mol. The summed E-state index contributed by atoms with van der Waals surface area (Å²) >= 11 is 9.55. The molecule has 0 unspecified atom stereocenters. The average Bonchev–Trinajstić information content (AvgIpc) is 3.24. The van der Waals surface area contributed by atoms with Crippen LogP contribution in [-0.2, 0) is 12.3 Å². The van der Waals surface area contributed by atoms with E-state index in [-0.39, 0.29) is 0 Å². The van der Waals surface area contributed by atoms with E-state index in [9.17, 15) is 0 Å². The Balaban J connectivity index is 1.55. The minimum atomic E-state index is -3.36. The molecule has 0 spiro atoms. The van der Waals surface area contributed by atoms with Gasteiger partial charge in [-0.05, 0) is 0 Å². The van der Waals surface area contributed by atoms with Gasteiger partial charge in [-0.25, -0.2) is 0 Å². The molecular weight excluding hydrogens is 826 g/mol. The van der Waals surface area contributed by atoms with E-state index in [1.807, 2.05) is 0 Å². The molecule has 0 heterocycles. The SMILES string of the molecule is CCCCOc1c(CP(Br)(c2ccccc2)(c2ccccc2)c2ccccc2)cc(C)cc1CP(Br)(c1ccccc1)(c1ccccc1)c1ccccc1. The summed E-state index contributed by atoms with van der Waals surface area (Å²) in [5.74, 6) is 1.00. The molecule has 7 aromatic carbocycles. The molecule has 0 aromatic heterocycles. The molecule has 0 fully saturated rings. The van der Waals surface area contributed by atoms with Gasteiger partial charge < -0.3 is 0 Å². The molecular formula is C49H48Br2OP2. The van der Waals surface area contributed by atoms with Crippen LogP contribution < -0.4 is 36.6 Å². The van der Waals surface area contributed by atoms with Crippen molar-refractivity contribution in [1.82, 2.24) is 0 Å². The van der Waals surface area contributed by atoms with Gasteiger partial charge in [-0.1, -0.05) is 0 Å². The molecule has 0 amide bonds. The van der Waals surface area contributed by atoms with Crippen LogP contribution in [0, 0.1) is 6.92 Å². The molecule has 0 saturated heterocycles. The molecule has 54 heavy (non-hydrogen) atoms. The van der Waals surface area contributed by atoms with Gasteiger partial charge in [0.05, 0.1) is 0 Å². The number of halogens is 2. The zero-order valence-corrected chi connectivity index (χ0v) is 36.0. The molecule has 7 rings (SSSR count). The summed E-state index contributed by atoms with van der Waals surface area (Å²) in [6, 6.07) is 71.4. The third-order valence-corrected chi connectivity index (χ3v) is 29.8. The molecule has 0 bridgehead atoms. The number of hydrogen-bond acceptors (Lipinski definition) is 1. The molecule has 0 N–H and O–H groups in total. The molecule has 0 saturated carbocycles. The van der Waals surface area contributed by atoms with Crippen molar-refractivity contribution in [2.45, 2.75) is 39.0 Å². The van der Waals surface area contributed by atoms with Crippen LogP contribution in [0.3, 0.4) is 0 Å². The predicted molar refractivity (Wildman–Crippen MR) is 247 cm³/mol. The second-order valence-electron chi connectivity index (χ2n) is 14.3. The van der Waals surface area contributed by atoms with Crippen molar-refractivity contribution in [2.75, 3.05) is 6.61 Å². The Morgan fingerprint density at radius 1 is 0.426 bits per heavy atom. The maximum absolute atomic E-state index is 7.16. The maximum atomic E-state index is 7.16. The molecule has 0 radical (unpaired) electrons. The average molecular weight is 875 g/mol. The molecule has 1 nitrogen and oxygen atoms in total. The first-order valence-electron chi connectivity index (χ1n) is 18.8. The van der Waals surface area contributed by atoms with Crippen molar-refractivity contribution in [2.24, 2.45) is 0 Å². The van der Waals surface area contributed by atoms with Crippen molar-refractivity contribution in [1.29, 1.82) is 0 Å². The fourth-order valence-corrected chi connectivity index (χ4v) is 23.5. The van der Waals surface area contributed by atoms with Crippen molar-refractivity contribution in [3.63, 3.8) is 0 Å². The molecule has 0 aliphatic rings. The molecule has 274 valence electrons. The molecule has 5 heteroatoms. The Hall–Kier alpha value is -3.84. The first kappa shape index (κ1) is 38.4. The predicted octanol–water partition coefficient (Wildman–Crippen LogP) is 11.9. The summed E-state index contributed by atoms with van der Waals surface area (Å²) in [7, 11) is 0. The van der Waals surface area contributed by atoms with E-state index in [2.05, 4.69) is 208 Å². The van der Waals surface area contributed by atoms with Crippen LogP contribution in [0.2, 0.25) is 0 Å². The second-order valence-corrected chi connectivity index (χ2v) is 32.2. The standard InChI is InChI=1S/C49H48Br2OP2/c1-3-4-35-52-49-41(38-53(50,43-23-11-5-12-24-43,44-25-13-6-14-26-44)45-27-15-7-16-28-45)36-40(2)37-42(49)39-54(51,46-29-17-8-18-30-46,47-31-19-9-20-32-47)48-33-21-10-22-34-48/h5-34,36-37H,3-4,35,38-39H2,1-2H3. The van der Waals surface area contributed by atoms with Crippen LogP contribution in [0.25, 0.3) is 0 Å². The van der Waals surface area contributed by atoms with Gasteiger partial charge in [0, 0.05) is 0 Å². The molecule has 7 aromatic rings. The topological polar surface area (TPSA) is 9.23 Å². The van der Waals surface area contributed by atoms with Crippen molar-refractivity contribution in [3.05, 3.63) is 211 Å². The van der Waals surface area contributed by atoms with Gasteiger partial charge in [0.15, 0.2) is 0 Å². The fourth-order valence-electron chi connectivity index (χ4n) is 8.18. The first-order valence-corrected chi connectivity index (χ1v) is 27.7. The summed E-state index contributed by atoms with van der Waals surface area (Å²) in [5.41, 5.74) is 3.67. The third kappa shape index (κ3) is 6.84. The van der Waals surface area contributed by atoms with E-state index < -0.39 is 10.6 Å². The van der Waals surface area contributed by atoms with Gasteiger partial charge in [-0.3, -0.25) is 0 Å². The van der Waals surface area contributed by atoms with Gasteiger partial charge in [-0.2, -0.15) is 0 Å². The van der Waals surface area contributed by atoms with Crippen LogP contribution in [0.1, 0.15) is 36.5 Å². The summed E-state index contributed by atoms with van der Waals surface area (Å²) in [4.78, 5) is 0. The summed E-state index contributed by atoms with van der Waals surface area (Å²) in [5, 5.41) is 1.03. The number of ether oxygens (including phenoxy) is 1. The van der Waals surface area contributed by atoms with E-state index in [4.69, 9.17) is 35.7 Å². The van der Waals surface area contributed by atoms with E-state index in [1.165, 1.54) is 48.5 Å². The Kier molecular flexibility index (Phi) is 11.5. The van der Waals surface area contributed by atoms with E-state index in [0.717, 1.165) is 30.9 Å². The normalized spacial score (nSPS) is 13.3. The number of rotatable bonds is 14. The van der Waals surface area contributed by atoms with E-state index >= 15 is 0 Å². The number of benzene rings is 7. The Morgan fingerprint density at radius 3 is 0.926 bits per heavy atom. The third-order valence-electron chi connectivity index (χ3n) is 10.8. The van der Waals surface area contributed by atoms with E-state index in [0.29, 0.717) is 6.61 Å². The van der Waals surface area contributed by atoms with Crippen molar-refractivity contribution >= 4 is 73.4 Å². The van der Waals surface area contributed by atoms with Gasteiger partial charge in [0.25, 0.3) is 0 Å². The molecule has 0 aliphatic carbocycles. The Labute approximate surface area is 338 Å². The van der Waals surface area contributed by atoms with Crippen molar-refractivity contribution < 1.29 is 4.74 Å². The minimum absolute atomic E-state index is 0.653. The number of unbranched alkanes of at least 4 members (excludes halogenated alkanes) is 1. The molecule has 0 atom stereocenters. The quantitative estimate of drug-likeness (QED) is 0.0781. The van der Waals surface area contributed by atoms with Crippen LogP contribution in [0.4, 0.5) is 0 Å². The van der Waals surface area contributed by atoms with Crippen LogP contribution in [0.15, 0.2) is 194 Å². The van der Waals surface area contributed by atoms with Gasteiger partial charge in [-0.15, -0.1) is 0 Å². The Morgan fingerprint density at radius 2 is 0.685 bits per heavy atom. The Bertz CT molecular complexity index is 1930. The van der Waals surface area contributed by atoms with Crippen molar-refractivity contribution in [3.8, 4) is 5.75 Å². The van der Waals surface area contributed by atoms with E-state index in [1.54, 1.807) is 0 Å². The van der Waals surface area contributed by atoms with Crippen LogP contribution in [0.5, 0.6) is 5.75 Å². The number of hydrogen-bond donors (Lipinski definition) is 0. The second kappa shape index (κ2) is 16.1. The van der Waals surface area contributed by atoms with Crippen LogP contribution in [-0.4, -0.2) is 6.61 Å². The fraction of sp³-hybridized carbons (Fsp3) is 0.143. The first-order chi connectivity index (χ1) is 26.3.